The number of benzene rings is 2. The number of nitrogens with two attached hydrogens (primary N) is 1. The fourth-order valence-corrected chi connectivity index (χ4v) is 3.56. The minimum atomic E-state index is -3.72. The van der Waals surface area contributed by atoms with Crippen LogP contribution in [0, 0.1) is 13.8 Å². The monoisotopic (exact) mass is 388 g/mol. The molecule has 0 unspecified atom stereocenters. The van der Waals surface area contributed by atoms with Crippen molar-refractivity contribution in [3.05, 3.63) is 51.0 Å². The Morgan fingerprint density at radius 3 is 2.52 bits per heavy atom. The summed E-state index contributed by atoms with van der Waals surface area (Å²) in [5, 5.41) is 0.368. The molecule has 0 bridgehead atoms. The molecule has 0 radical (unpaired) electrons. The van der Waals surface area contributed by atoms with Crippen molar-refractivity contribution in [3.8, 4) is 0 Å². The lowest BCUT2D eigenvalue weighted by Crippen LogP contribution is -2.14. The van der Waals surface area contributed by atoms with E-state index in [1.807, 2.05) is 13.0 Å². The average Bonchev–Trinajstić information content (AvgIpc) is 2.40. The van der Waals surface area contributed by atoms with Crippen molar-refractivity contribution in [1.82, 2.24) is 0 Å². The van der Waals surface area contributed by atoms with Gasteiger partial charge in [0.05, 0.1) is 21.3 Å². The van der Waals surface area contributed by atoms with E-state index in [0.29, 0.717) is 16.3 Å². The zero-order chi connectivity index (χ0) is 15.8. The second-order valence-corrected chi connectivity index (χ2v) is 7.58. The van der Waals surface area contributed by atoms with Gasteiger partial charge in [0.1, 0.15) is 0 Å². The molecule has 0 aliphatic carbocycles. The molecule has 3 N–H and O–H groups in total. The zero-order valence-corrected chi connectivity index (χ0v) is 14.6. The smallest absolute Gasteiger partial charge is 0.261 e. The summed E-state index contributed by atoms with van der Waals surface area (Å²) >= 11 is 9.33. The van der Waals surface area contributed by atoms with E-state index >= 15 is 0 Å². The normalized spacial score (nSPS) is 11.4. The summed E-state index contributed by atoms with van der Waals surface area (Å²) in [6.07, 6.45) is 0. The van der Waals surface area contributed by atoms with Gasteiger partial charge in [-0.25, -0.2) is 8.42 Å². The average molecular weight is 390 g/mol. The molecule has 112 valence electrons. The summed E-state index contributed by atoms with van der Waals surface area (Å²) in [4.78, 5) is 0.0845. The molecule has 0 aliphatic heterocycles. The number of nitrogen functional groups attached to an aromatic ring is 1. The van der Waals surface area contributed by atoms with Gasteiger partial charge in [0.2, 0.25) is 0 Å². The molecule has 0 saturated heterocycles. The van der Waals surface area contributed by atoms with Crippen LogP contribution < -0.4 is 10.5 Å². The van der Waals surface area contributed by atoms with Crippen LogP contribution in [0.15, 0.2) is 39.7 Å². The number of sulfonamides is 1. The molecular formula is C14H14BrClN2O2S. The van der Waals surface area contributed by atoms with Crippen molar-refractivity contribution in [2.24, 2.45) is 0 Å². The summed E-state index contributed by atoms with van der Waals surface area (Å²) in [6, 6.07) is 8.15. The molecule has 4 nitrogen and oxygen atoms in total. The van der Waals surface area contributed by atoms with Gasteiger partial charge in [0.15, 0.2) is 0 Å². The van der Waals surface area contributed by atoms with Gasteiger partial charge in [-0.1, -0.05) is 33.6 Å². The largest absolute Gasteiger partial charge is 0.397 e. The van der Waals surface area contributed by atoms with Crippen molar-refractivity contribution in [3.63, 3.8) is 0 Å². The second-order valence-electron chi connectivity index (χ2n) is 4.66. The van der Waals surface area contributed by atoms with Crippen LogP contribution in [-0.4, -0.2) is 8.42 Å². The summed E-state index contributed by atoms with van der Waals surface area (Å²) in [5.74, 6) is 0. The van der Waals surface area contributed by atoms with Crippen LogP contribution in [0.5, 0.6) is 0 Å². The lowest BCUT2D eigenvalue weighted by atomic mass is 10.2. The number of halogens is 2. The first-order chi connectivity index (χ1) is 9.72. The Bertz CT molecular complexity index is 784. The number of rotatable bonds is 3. The molecule has 0 heterocycles. The van der Waals surface area contributed by atoms with Gasteiger partial charge < -0.3 is 5.73 Å². The highest BCUT2D eigenvalue weighted by atomic mass is 79.9. The van der Waals surface area contributed by atoms with Crippen LogP contribution in [-0.2, 0) is 10.0 Å². The zero-order valence-electron chi connectivity index (χ0n) is 11.4. The van der Waals surface area contributed by atoms with E-state index in [1.165, 1.54) is 12.1 Å². The molecule has 7 heteroatoms. The molecular weight excluding hydrogens is 376 g/mol. The molecule has 0 aliphatic rings. The van der Waals surface area contributed by atoms with Crippen LogP contribution in [0.25, 0.3) is 0 Å². The summed E-state index contributed by atoms with van der Waals surface area (Å²) < 4.78 is 28.3. The van der Waals surface area contributed by atoms with Gasteiger partial charge in [-0.05, 0) is 49.2 Å². The van der Waals surface area contributed by atoms with Crippen molar-refractivity contribution >= 4 is 48.9 Å². The Hall–Kier alpha value is -1.24. The fraction of sp³-hybridized carbons (Fsp3) is 0.143. The highest BCUT2D eigenvalue weighted by Crippen LogP contribution is 2.29. The van der Waals surface area contributed by atoms with E-state index in [-0.39, 0.29) is 10.6 Å². The number of hydrogen-bond acceptors (Lipinski definition) is 3. The number of aryl methyl sites for hydroxylation is 1. The van der Waals surface area contributed by atoms with Gasteiger partial charge in [0.25, 0.3) is 10.0 Å². The third-order valence-corrected chi connectivity index (χ3v) is 5.80. The molecule has 0 fully saturated rings. The molecule has 0 saturated carbocycles. The first kappa shape index (κ1) is 16.1. The van der Waals surface area contributed by atoms with E-state index in [1.54, 1.807) is 19.1 Å². The first-order valence-corrected chi connectivity index (χ1v) is 8.71. The van der Waals surface area contributed by atoms with Crippen molar-refractivity contribution in [2.45, 2.75) is 18.7 Å². The molecule has 0 atom stereocenters. The third kappa shape index (κ3) is 3.33. The molecule has 0 spiro atoms. The van der Waals surface area contributed by atoms with Gasteiger partial charge in [-0.3, -0.25) is 4.72 Å². The Labute approximate surface area is 137 Å². The lowest BCUT2D eigenvalue weighted by Gasteiger charge is -2.13. The van der Waals surface area contributed by atoms with E-state index in [2.05, 4.69) is 20.7 Å². The highest BCUT2D eigenvalue weighted by Gasteiger charge is 2.18. The van der Waals surface area contributed by atoms with E-state index in [4.69, 9.17) is 17.3 Å². The van der Waals surface area contributed by atoms with Gasteiger partial charge in [0, 0.05) is 4.47 Å². The number of anilines is 2. The predicted molar refractivity (Wildman–Crippen MR) is 90.3 cm³/mol. The van der Waals surface area contributed by atoms with Crippen molar-refractivity contribution in [1.29, 1.82) is 0 Å². The standard InChI is InChI=1S/C14H14BrClN2O2S/c1-8-6-10(7-12(17)14(8)16)21(19,20)18-13-5-3-4-11(15)9(13)2/h3-7,18H,17H2,1-2H3. The van der Waals surface area contributed by atoms with Gasteiger partial charge >= 0.3 is 0 Å². The summed E-state index contributed by atoms with van der Waals surface area (Å²) in [5.41, 5.74) is 7.90. The summed E-state index contributed by atoms with van der Waals surface area (Å²) in [6.45, 7) is 3.53. The quantitative estimate of drug-likeness (QED) is 0.776. The lowest BCUT2D eigenvalue weighted by molar-refractivity contribution is 0.601. The third-order valence-electron chi connectivity index (χ3n) is 3.08. The van der Waals surface area contributed by atoms with Crippen molar-refractivity contribution < 1.29 is 8.42 Å². The van der Waals surface area contributed by atoms with Crippen LogP contribution >= 0.6 is 27.5 Å². The first-order valence-electron chi connectivity index (χ1n) is 6.06. The molecule has 2 aromatic rings. The Morgan fingerprint density at radius 1 is 1.24 bits per heavy atom. The number of nitrogens with one attached hydrogen (secondary N) is 1. The maximum Gasteiger partial charge on any atom is 0.261 e. The minimum Gasteiger partial charge on any atom is -0.397 e. The maximum atomic E-state index is 12.5. The maximum absolute atomic E-state index is 12.5. The number of hydrogen-bond donors (Lipinski definition) is 2. The van der Waals surface area contributed by atoms with E-state index in [0.717, 1.165) is 10.0 Å². The van der Waals surface area contributed by atoms with Gasteiger partial charge in [-0.2, -0.15) is 0 Å². The summed E-state index contributed by atoms with van der Waals surface area (Å²) in [7, 11) is -3.72. The predicted octanol–water partition coefficient (Wildman–Crippen LogP) is 4.10. The van der Waals surface area contributed by atoms with E-state index < -0.39 is 10.0 Å². The molecule has 0 aromatic heterocycles. The van der Waals surface area contributed by atoms with Crippen LogP contribution in [0.2, 0.25) is 5.02 Å². The second kappa shape index (κ2) is 5.87. The highest BCUT2D eigenvalue weighted by molar-refractivity contribution is 9.10. The van der Waals surface area contributed by atoms with Gasteiger partial charge in [-0.15, -0.1) is 0 Å². The van der Waals surface area contributed by atoms with Crippen molar-refractivity contribution in [2.75, 3.05) is 10.5 Å². The van der Waals surface area contributed by atoms with Crippen LogP contribution in [0.3, 0.4) is 0 Å². The molecule has 0 amide bonds. The van der Waals surface area contributed by atoms with Crippen LogP contribution in [0.4, 0.5) is 11.4 Å². The molecule has 21 heavy (non-hydrogen) atoms. The SMILES string of the molecule is Cc1cc(S(=O)(=O)Nc2cccc(Br)c2C)cc(N)c1Cl. The molecule has 2 rings (SSSR count). The minimum absolute atomic E-state index is 0.0845. The molecule has 2 aromatic carbocycles. The Kier molecular flexibility index (Phi) is 4.51. The van der Waals surface area contributed by atoms with Crippen LogP contribution in [0.1, 0.15) is 11.1 Å². The fourth-order valence-electron chi connectivity index (χ4n) is 1.84. The topological polar surface area (TPSA) is 72.2 Å². The Morgan fingerprint density at radius 2 is 1.90 bits per heavy atom. The van der Waals surface area contributed by atoms with E-state index in [9.17, 15) is 8.42 Å². The Balaban J connectivity index is 2.46.